The predicted octanol–water partition coefficient (Wildman–Crippen LogP) is 1.07. The van der Waals surface area contributed by atoms with E-state index in [1.165, 1.54) is 45.3 Å². The lowest BCUT2D eigenvalue weighted by Gasteiger charge is -2.35. The van der Waals surface area contributed by atoms with Crippen molar-refractivity contribution in [1.82, 2.24) is 10.2 Å². The molecule has 1 unspecified atom stereocenters. The van der Waals surface area contributed by atoms with Crippen molar-refractivity contribution in [2.24, 2.45) is 5.92 Å². The van der Waals surface area contributed by atoms with Gasteiger partial charge in [-0.15, -0.1) is 0 Å². The fraction of sp³-hybridized carbons (Fsp3) is 1.00. The van der Waals surface area contributed by atoms with Crippen LogP contribution < -0.4 is 5.32 Å². The fourth-order valence-corrected chi connectivity index (χ4v) is 3.11. The largest absolute Gasteiger partial charge is 0.355 e. The summed E-state index contributed by atoms with van der Waals surface area (Å²) < 4.78 is 10.5. The number of rotatable bonds is 5. The Morgan fingerprint density at radius 1 is 1.18 bits per heavy atom. The molecule has 2 heterocycles. The molecule has 2 rings (SSSR count). The first-order valence-corrected chi connectivity index (χ1v) is 6.85. The number of nitrogens with zero attached hydrogens (tertiary/aromatic N) is 1. The van der Waals surface area contributed by atoms with Crippen molar-refractivity contribution >= 4 is 0 Å². The smallest absolute Gasteiger partial charge is 0.169 e. The van der Waals surface area contributed by atoms with Crippen molar-refractivity contribution in [1.29, 1.82) is 0 Å². The van der Waals surface area contributed by atoms with E-state index in [1.54, 1.807) is 14.2 Å². The lowest BCUT2D eigenvalue weighted by Crippen LogP contribution is -2.44. The van der Waals surface area contributed by atoms with Gasteiger partial charge in [0.15, 0.2) is 6.29 Å². The number of piperidine rings is 1. The normalized spacial score (nSPS) is 28.1. The van der Waals surface area contributed by atoms with E-state index in [1.807, 2.05) is 0 Å². The highest BCUT2D eigenvalue weighted by Crippen LogP contribution is 2.25. The molecule has 1 N–H and O–H groups in total. The van der Waals surface area contributed by atoms with Crippen LogP contribution in [-0.2, 0) is 9.47 Å². The summed E-state index contributed by atoms with van der Waals surface area (Å²) in [4.78, 5) is 2.46. The Hall–Kier alpha value is -0.160. The van der Waals surface area contributed by atoms with Crippen LogP contribution in [0, 0.1) is 5.92 Å². The molecular formula is C13H26N2O2. The first-order valence-electron chi connectivity index (χ1n) is 6.85. The summed E-state index contributed by atoms with van der Waals surface area (Å²) in [5.41, 5.74) is 0. The van der Waals surface area contributed by atoms with Crippen molar-refractivity contribution in [3.8, 4) is 0 Å². The molecule has 0 aliphatic carbocycles. The molecular weight excluding hydrogens is 216 g/mol. The van der Waals surface area contributed by atoms with Gasteiger partial charge in [0.1, 0.15) is 0 Å². The number of nitrogens with one attached hydrogen (secondary N) is 1. The lowest BCUT2D eigenvalue weighted by atomic mass is 9.88. The molecule has 0 aromatic rings. The topological polar surface area (TPSA) is 33.7 Å². The second kappa shape index (κ2) is 6.69. The zero-order chi connectivity index (χ0) is 12.1. The molecule has 1 atom stereocenters. The van der Waals surface area contributed by atoms with E-state index in [9.17, 15) is 0 Å². The zero-order valence-electron chi connectivity index (χ0n) is 11.2. The predicted molar refractivity (Wildman–Crippen MR) is 68.0 cm³/mol. The number of likely N-dealkylation sites (tertiary alicyclic amines) is 1. The van der Waals surface area contributed by atoms with Gasteiger partial charge in [-0.3, -0.25) is 4.90 Å². The van der Waals surface area contributed by atoms with Gasteiger partial charge in [0, 0.05) is 26.8 Å². The van der Waals surface area contributed by atoms with Gasteiger partial charge in [-0.05, 0) is 51.2 Å². The molecule has 2 aliphatic rings. The second-order valence-corrected chi connectivity index (χ2v) is 5.24. The molecule has 0 amide bonds. The molecule has 0 aromatic heterocycles. The Labute approximate surface area is 105 Å². The summed E-state index contributed by atoms with van der Waals surface area (Å²) in [7, 11) is 3.42. The molecule has 0 spiro atoms. The van der Waals surface area contributed by atoms with E-state index in [-0.39, 0.29) is 6.29 Å². The highest BCUT2D eigenvalue weighted by Gasteiger charge is 2.28. The highest BCUT2D eigenvalue weighted by molar-refractivity contribution is 4.85. The van der Waals surface area contributed by atoms with Gasteiger partial charge in [0.05, 0.1) is 0 Å². The van der Waals surface area contributed by atoms with Crippen LogP contribution in [0.1, 0.15) is 25.7 Å². The van der Waals surface area contributed by atoms with E-state index in [0.717, 1.165) is 18.5 Å². The first-order chi connectivity index (χ1) is 8.33. The molecule has 2 fully saturated rings. The first kappa shape index (κ1) is 13.3. The molecule has 0 saturated carbocycles. The van der Waals surface area contributed by atoms with Crippen molar-refractivity contribution in [3.05, 3.63) is 0 Å². The minimum atomic E-state index is -0.0730. The number of ether oxygens (including phenoxy) is 2. The molecule has 0 aromatic carbocycles. The van der Waals surface area contributed by atoms with E-state index in [4.69, 9.17) is 9.47 Å². The summed E-state index contributed by atoms with van der Waals surface area (Å²) in [5, 5.41) is 3.64. The quantitative estimate of drug-likeness (QED) is 0.731. The van der Waals surface area contributed by atoms with Crippen LogP contribution in [-0.4, -0.2) is 57.6 Å². The molecule has 17 heavy (non-hydrogen) atoms. The summed E-state index contributed by atoms with van der Waals surface area (Å²) in [6.45, 7) is 4.50. The summed E-state index contributed by atoms with van der Waals surface area (Å²) in [6, 6.07) is 0.790. The molecule has 2 aliphatic heterocycles. The van der Waals surface area contributed by atoms with Crippen molar-refractivity contribution in [2.75, 3.05) is 40.4 Å². The van der Waals surface area contributed by atoms with Crippen molar-refractivity contribution in [3.63, 3.8) is 0 Å². The molecule has 100 valence electrons. The Bertz CT molecular complexity index is 207. The monoisotopic (exact) mass is 242 g/mol. The van der Waals surface area contributed by atoms with Crippen LogP contribution >= 0.6 is 0 Å². The van der Waals surface area contributed by atoms with E-state index in [0.29, 0.717) is 0 Å². The summed E-state index contributed by atoms with van der Waals surface area (Å²) in [5.74, 6) is 0.886. The number of methoxy groups -OCH3 is 2. The van der Waals surface area contributed by atoms with Crippen molar-refractivity contribution in [2.45, 2.75) is 38.0 Å². The Kier molecular flexibility index (Phi) is 5.22. The fourth-order valence-electron chi connectivity index (χ4n) is 3.11. The van der Waals surface area contributed by atoms with E-state index in [2.05, 4.69) is 10.2 Å². The Balaban J connectivity index is 1.70. The third-order valence-corrected chi connectivity index (χ3v) is 4.23. The van der Waals surface area contributed by atoms with Crippen LogP contribution in [0.4, 0.5) is 0 Å². The molecule has 0 bridgehead atoms. The van der Waals surface area contributed by atoms with Crippen LogP contribution in [0.2, 0.25) is 0 Å². The lowest BCUT2D eigenvalue weighted by molar-refractivity contribution is -0.118. The third-order valence-electron chi connectivity index (χ3n) is 4.23. The zero-order valence-corrected chi connectivity index (χ0v) is 11.2. The Morgan fingerprint density at radius 3 is 2.41 bits per heavy atom. The van der Waals surface area contributed by atoms with Gasteiger partial charge < -0.3 is 14.8 Å². The summed E-state index contributed by atoms with van der Waals surface area (Å²) in [6.07, 6.45) is 5.30. The van der Waals surface area contributed by atoms with E-state index < -0.39 is 0 Å². The Morgan fingerprint density at radius 2 is 1.88 bits per heavy atom. The standard InChI is InChI=1S/C13H26N2O2/c1-16-13(17-2)10-15-8-5-11(6-9-15)12-4-3-7-14-12/h11-14H,3-10H2,1-2H3. The molecule has 4 nitrogen and oxygen atoms in total. The second-order valence-electron chi connectivity index (χ2n) is 5.24. The van der Waals surface area contributed by atoms with Crippen LogP contribution in [0.15, 0.2) is 0 Å². The summed E-state index contributed by atoms with van der Waals surface area (Å²) >= 11 is 0. The molecule has 0 radical (unpaired) electrons. The van der Waals surface area contributed by atoms with Crippen LogP contribution in [0.25, 0.3) is 0 Å². The van der Waals surface area contributed by atoms with E-state index >= 15 is 0 Å². The van der Waals surface area contributed by atoms with Gasteiger partial charge in [-0.25, -0.2) is 0 Å². The van der Waals surface area contributed by atoms with Gasteiger partial charge in [0.25, 0.3) is 0 Å². The van der Waals surface area contributed by atoms with Gasteiger partial charge in [-0.1, -0.05) is 0 Å². The maximum atomic E-state index is 5.25. The van der Waals surface area contributed by atoms with Gasteiger partial charge in [0.2, 0.25) is 0 Å². The maximum Gasteiger partial charge on any atom is 0.169 e. The molecule has 2 saturated heterocycles. The maximum absolute atomic E-state index is 5.25. The number of hydrogen-bond donors (Lipinski definition) is 1. The van der Waals surface area contributed by atoms with Crippen molar-refractivity contribution < 1.29 is 9.47 Å². The van der Waals surface area contributed by atoms with Gasteiger partial charge >= 0.3 is 0 Å². The highest BCUT2D eigenvalue weighted by atomic mass is 16.7. The number of hydrogen-bond acceptors (Lipinski definition) is 4. The van der Waals surface area contributed by atoms with Crippen LogP contribution in [0.3, 0.4) is 0 Å². The minimum absolute atomic E-state index is 0.0730. The van der Waals surface area contributed by atoms with Gasteiger partial charge in [-0.2, -0.15) is 0 Å². The molecule has 4 heteroatoms. The third kappa shape index (κ3) is 3.65. The average Bonchev–Trinajstić information content (AvgIpc) is 2.90. The minimum Gasteiger partial charge on any atom is -0.355 e. The van der Waals surface area contributed by atoms with Crippen LogP contribution in [0.5, 0.6) is 0 Å². The SMILES string of the molecule is COC(CN1CCC(C2CCCN2)CC1)OC. The average molecular weight is 242 g/mol.